The van der Waals surface area contributed by atoms with E-state index in [1.807, 2.05) is 0 Å². The van der Waals surface area contributed by atoms with Crippen molar-refractivity contribution in [1.82, 2.24) is 10.3 Å². The van der Waals surface area contributed by atoms with Crippen molar-refractivity contribution >= 4 is 29.1 Å². The highest BCUT2D eigenvalue weighted by Gasteiger charge is 2.43. The zero-order valence-electron chi connectivity index (χ0n) is 15.8. The molecule has 1 saturated carbocycles. The number of aliphatic hydroxyl groups is 1. The predicted octanol–water partition coefficient (Wildman–Crippen LogP) is 5.66. The molecule has 0 spiro atoms. The Morgan fingerprint density at radius 3 is 2.45 bits per heavy atom. The summed E-state index contributed by atoms with van der Waals surface area (Å²) in [5, 5.41) is 12.4. The van der Waals surface area contributed by atoms with Gasteiger partial charge in [0.2, 0.25) is 0 Å². The molecule has 2 aromatic rings. The fourth-order valence-electron chi connectivity index (χ4n) is 3.61. The lowest BCUT2D eigenvalue weighted by molar-refractivity contribution is -0.137. The van der Waals surface area contributed by atoms with Gasteiger partial charge in [0.25, 0.3) is 5.91 Å². The fraction of sp³-hybridized carbons (Fsp3) is 0.400. The molecule has 1 fully saturated rings. The zero-order chi connectivity index (χ0) is 23.0. The molecule has 2 N–H and O–H groups in total. The Bertz CT molecular complexity index is 979. The molecular weight excluding hydrogens is 466 g/mol. The van der Waals surface area contributed by atoms with Gasteiger partial charge in [-0.05, 0) is 49.4 Å². The minimum atomic E-state index is -4.81. The number of carbonyl (C=O) groups excluding carboxylic acids is 1. The molecule has 3 rings (SSSR count). The van der Waals surface area contributed by atoms with E-state index in [2.05, 4.69) is 10.3 Å². The normalized spacial score (nSPS) is 22.8. The minimum Gasteiger partial charge on any atom is -0.387 e. The molecule has 1 aromatic carbocycles. The summed E-state index contributed by atoms with van der Waals surface area (Å²) in [4.78, 5) is 16.5. The Kier molecular flexibility index (Phi) is 6.78. The molecule has 1 atom stereocenters. The number of nitrogens with one attached hydrogen (secondary N) is 1. The van der Waals surface area contributed by atoms with Crippen molar-refractivity contribution in [3.05, 3.63) is 63.1 Å². The molecular formula is C20H17Cl2F5N2O2. The maximum atomic E-state index is 13.6. The van der Waals surface area contributed by atoms with Crippen molar-refractivity contribution in [2.45, 2.75) is 49.7 Å². The van der Waals surface area contributed by atoms with E-state index in [1.54, 1.807) is 0 Å². The van der Waals surface area contributed by atoms with Crippen LogP contribution in [0.1, 0.15) is 53.3 Å². The van der Waals surface area contributed by atoms with Crippen LogP contribution in [0.3, 0.4) is 0 Å². The smallest absolute Gasteiger partial charge is 0.387 e. The number of rotatable bonds is 4. The largest absolute Gasteiger partial charge is 0.417 e. The van der Waals surface area contributed by atoms with Crippen LogP contribution in [-0.4, -0.2) is 27.8 Å². The van der Waals surface area contributed by atoms with Gasteiger partial charge in [-0.15, -0.1) is 0 Å². The SMILES string of the molecule is O=C(NC(c1ccc(F)c(Cl)c1)C1(O)CCC(F)CC1)c1nccc(C(F)(F)F)c1Cl. The fourth-order valence-corrected chi connectivity index (χ4v) is 4.11. The van der Waals surface area contributed by atoms with E-state index in [0.717, 1.165) is 12.3 Å². The Labute approximate surface area is 184 Å². The maximum Gasteiger partial charge on any atom is 0.417 e. The molecule has 1 amide bonds. The number of amides is 1. The molecule has 4 nitrogen and oxygen atoms in total. The molecule has 0 aliphatic heterocycles. The number of hydrogen-bond acceptors (Lipinski definition) is 3. The molecule has 168 valence electrons. The summed E-state index contributed by atoms with van der Waals surface area (Å²) < 4.78 is 66.6. The van der Waals surface area contributed by atoms with Crippen LogP contribution in [0.5, 0.6) is 0 Å². The van der Waals surface area contributed by atoms with Gasteiger partial charge in [0.15, 0.2) is 0 Å². The summed E-state index contributed by atoms with van der Waals surface area (Å²) in [5.41, 5.74) is -3.39. The van der Waals surface area contributed by atoms with E-state index in [0.29, 0.717) is 6.07 Å². The van der Waals surface area contributed by atoms with Gasteiger partial charge < -0.3 is 10.4 Å². The van der Waals surface area contributed by atoms with Gasteiger partial charge in [0, 0.05) is 6.20 Å². The second-order valence-corrected chi connectivity index (χ2v) is 8.16. The number of halogens is 7. The Morgan fingerprint density at radius 1 is 1.23 bits per heavy atom. The topological polar surface area (TPSA) is 62.2 Å². The minimum absolute atomic E-state index is 0.0142. The van der Waals surface area contributed by atoms with E-state index in [-0.39, 0.29) is 36.3 Å². The van der Waals surface area contributed by atoms with Crippen LogP contribution in [0.4, 0.5) is 22.0 Å². The summed E-state index contributed by atoms with van der Waals surface area (Å²) >= 11 is 11.6. The van der Waals surface area contributed by atoms with Crippen LogP contribution < -0.4 is 5.32 Å². The molecule has 1 aliphatic rings. The van der Waals surface area contributed by atoms with Gasteiger partial charge in [-0.3, -0.25) is 4.79 Å². The first kappa shape index (κ1) is 23.7. The van der Waals surface area contributed by atoms with Crippen LogP contribution in [0.2, 0.25) is 10.0 Å². The third-order valence-corrected chi connectivity index (χ3v) is 5.95. The van der Waals surface area contributed by atoms with Gasteiger partial charge in [-0.25, -0.2) is 13.8 Å². The Hall–Kier alpha value is -1.97. The van der Waals surface area contributed by atoms with Crippen LogP contribution in [0.25, 0.3) is 0 Å². The number of carbonyl (C=O) groups is 1. The maximum absolute atomic E-state index is 13.6. The summed E-state index contributed by atoms with van der Waals surface area (Å²) in [6.45, 7) is 0. The molecule has 0 saturated heterocycles. The molecule has 1 heterocycles. The van der Waals surface area contributed by atoms with E-state index in [4.69, 9.17) is 23.2 Å². The highest BCUT2D eigenvalue weighted by atomic mass is 35.5. The van der Waals surface area contributed by atoms with Gasteiger partial charge >= 0.3 is 6.18 Å². The third kappa shape index (κ3) is 5.10. The summed E-state index contributed by atoms with van der Waals surface area (Å²) in [6, 6.07) is 2.89. The summed E-state index contributed by atoms with van der Waals surface area (Å²) in [5.74, 6) is -1.82. The quantitative estimate of drug-likeness (QED) is 0.552. The highest BCUT2D eigenvalue weighted by molar-refractivity contribution is 6.34. The first-order chi connectivity index (χ1) is 14.4. The average molecular weight is 483 g/mol. The predicted molar refractivity (Wildman–Crippen MR) is 104 cm³/mol. The lowest BCUT2D eigenvalue weighted by Gasteiger charge is -2.40. The zero-order valence-corrected chi connectivity index (χ0v) is 17.3. The molecule has 0 bridgehead atoms. The van der Waals surface area contributed by atoms with E-state index >= 15 is 0 Å². The number of benzene rings is 1. The second kappa shape index (κ2) is 8.88. The van der Waals surface area contributed by atoms with Crippen LogP contribution >= 0.6 is 23.2 Å². The van der Waals surface area contributed by atoms with Crippen molar-refractivity contribution in [3.63, 3.8) is 0 Å². The highest BCUT2D eigenvalue weighted by Crippen LogP contribution is 2.41. The first-order valence-electron chi connectivity index (χ1n) is 9.26. The van der Waals surface area contributed by atoms with Crippen molar-refractivity contribution < 1.29 is 31.9 Å². The van der Waals surface area contributed by atoms with Crippen LogP contribution in [-0.2, 0) is 6.18 Å². The Balaban J connectivity index is 1.99. The van der Waals surface area contributed by atoms with Gasteiger partial charge in [0.05, 0.1) is 27.3 Å². The number of nitrogens with zero attached hydrogens (tertiary/aromatic N) is 1. The average Bonchev–Trinajstić information content (AvgIpc) is 2.70. The molecule has 0 radical (unpaired) electrons. The molecule has 1 aliphatic carbocycles. The molecule has 1 unspecified atom stereocenters. The lowest BCUT2D eigenvalue weighted by atomic mass is 9.76. The second-order valence-electron chi connectivity index (χ2n) is 7.38. The van der Waals surface area contributed by atoms with Gasteiger partial charge in [0.1, 0.15) is 17.7 Å². The van der Waals surface area contributed by atoms with Crippen LogP contribution in [0, 0.1) is 5.82 Å². The number of hydrogen-bond donors (Lipinski definition) is 2. The first-order valence-corrected chi connectivity index (χ1v) is 10.0. The summed E-state index contributed by atoms with van der Waals surface area (Å²) in [6.07, 6.45) is -5.21. The summed E-state index contributed by atoms with van der Waals surface area (Å²) in [7, 11) is 0. The Morgan fingerprint density at radius 2 is 1.87 bits per heavy atom. The molecule has 31 heavy (non-hydrogen) atoms. The standard InChI is InChI=1S/C20H17Cl2F5N2O2/c21-13-9-10(1-2-14(13)24)17(19(31)6-3-11(23)4-7-19)29-18(30)16-15(22)12(5-8-28-16)20(25,26)27/h1-2,5,8-9,11,17,31H,3-4,6-7H2,(H,29,30). The third-order valence-electron chi connectivity index (χ3n) is 5.28. The van der Waals surface area contributed by atoms with E-state index in [9.17, 15) is 31.9 Å². The van der Waals surface area contributed by atoms with Crippen LogP contribution in [0.15, 0.2) is 30.5 Å². The van der Waals surface area contributed by atoms with Crippen molar-refractivity contribution in [1.29, 1.82) is 0 Å². The monoisotopic (exact) mass is 482 g/mol. The van der Waals surface area contributed by atoms with Crippen molar-refractivity contribution in [2.24, 2.45) is 0 Å². The van der Waals surface area contributed by atoms with Crippen molar-refractivity contribution in [3.8, 4) is 0 Å². The van der Waals surface area contributed by atoms with E-state index in [1.165, 1.54) is 12.1 Å². The number of aromatic nitrogens is 1. The van der Waals surface area contributed by atoms with Gasteiger partial charge in [-0.1, -0.05) is 29.3 Å². The number of pyridine rings is 1. The molecule has 1 aromatic heterocycles. The molecule has 11 heteroatoms. The van der Waals surface area contributed by atoms with Crippen molar-refractivity contribution in [2.75, 3.05) is 0 Å². The van der Waals surface area contributed by atoms with E-state index < -0.39 is 52.0 Å². The van der Waals surface area contributed by atoms with Gasteiger partial charge in [-0.2, -0.15) is 13.2 Å². The lowest BCUT2D eigenvalue weighted by Crippen LogP contribution is -2.48. The number of alkyl halides is 4.